The van der Waals surface area contributed by atoms with E-state index < -0.39 is 11.9 Å². The molecule has 2 heterocycles. The molecule has 2 aliphatic heterocycles. The number of hydrogen-bond acceptors (Lipinski definition) is 4. The van der Waals surface area contributed by atoms with Gasteiger partial charge in [0.25, 0.3) is 5.91 Å². The summed E-state index contributed by atoms with van der Waals surface area (Å²) in [7, 11) is 0. The van der Waals surface area contributed by atoms with Gasteiger partial charge in [-0.05, 0) is 31.5 Å². The molecule has 1 saturated heterocycles. The van der Waals surface area contributed by atoms with Crippen LogP contribution in [0.2, 0.25) is 0 Å². The summed E-state index contributed by atoms with van der Waals surface area (Å²) in [5.41, 5.74) is 2.00. The Balaban J connectivity index is 1.83. The third-order valence-electron chi connectivity index (χ3n) is 3.83. The van der Waals surface area contributed by atoms with Gasteiger partial charge in [0.1, 0.15) is 11.4 Å². The molecule has 20 heavy (non-hydrogen) atoms. The molecule has 2 unspecified atom stereocenters. The van der Waals surface area contributed by atoms with Crippen LogP contribution in [0.3, 0.4) is 0 Å². The molecule has 0 spiro atoms. The van der Waals surface area contributed by atoms with Crippen molar-refractivity contribution in [2.75, 3.05) is 6.54 Å². The minimum absolute atomic E-state index is 0.142. The molecule has 1 amide bonds. The maximum Gasteiger partial charge on any atom is 0.308 e. The molecule has 0 aromatic heterocycles. The highest BCUT2D eigenvalue weighted by Crippen LogP contribution is 2.33. The van der Waals surface area contributed by atoms with Gasteiger partial charge in [0.2, 0.25) is 0 Å². The van der Waals surface area contributed by atoms with Gasteiger partial charge in [-0.25, -0.2) is 0 Å². The molecular formula is C13H13N3O3S. The predicted octanol–water partition coefficient (Wildman–Crippen LogP) is 2.35. The second kappa shape index (κ2) is 4.82. The predicted molar refractivity (Wildman–Crippen MR) is 74.2 cm³/mol. The van der Waals surface area contributed by atoms with Gasteiger partial charge < -0.3 is 10.0 Å². The van der Waals surface area contributed by atoms with Gasteiger partial charge >= 0.3 is 5.97 Å². The van der Waals surface area contributed by atoms with Crippen LogP contribution in [0, 0.1) is 5.92 Å². The van der Waals surface area contributed by atoms with E-state index in [2.05, 4.69) is 8.73 Å². The summed E-state index contributed by atoms with van der Waals surface area (Å²) in [5, 5.41) is 9.11. The Labute approximate surface area is 119 Å². The summed E-state index contributed by atoms with van der Waals surface area (Å²) < 4.78 is 8.21. The lowest BCUT2D eigenvalue weighted by atomic mass is 10.0. The second-order valence-electron chi connectivity index (χ2n) is 4.94. The van der Waals surface area contributed by atoms with Crippen molar-refractivity contribution in [1.82, 2.24) is 4.90 Å². The molecule has 0 aliphatic carbocycles. The van der Waals surface area contributed by atoms with Crippen molar-refractivity contribution >= 4 is 34.6 Å². The quantitative estimate of drug-likeness (QED) is 0.922. The smallest absolute Gasteiger partial charge is 0.308 e. The van der Waals surface area contributed by atoms with E-state index in [1.165, 1.54) is 0 Å². The van der Waals surface area contributed by atoms with E-state index in [9.17, 15) is 9.59 Å². The van der Waals surface area contributed by atoms with E-state index in [-0.39, 0.29) is 11.9 Å². The number of likely N-dealkylation sites (tertiary alicyclic amines) is 1. The zero-order chi connectivity index (χ0) is 14.3. The van der Waals surface area contributed by atoms with Crippen molar-refractivity contribution in [2.45, 2.75) is 19.4 Å². The van der Waals surface area contributed by atoms with E-state index in [1.54, 1.807) is 30.0 Å². The Bertz CT molecular complexity index is 667. The molecule has 2 atom stereocenters. The van der Waals surface area contributed by atoms with Crippen molar-refractivity contribution in [3.8, 4) is 0 Å². The Hall–Kier alpha value is -2.02. The number of carboxylic acid groups (broad SMARTS) is 1. The Morgan fingerprint density at radius 1 is 1.35 bits per heavy atom. The van der Waals surface area contributed by atoms with Gasteiger partial charge in [-0.15, -0.1) is 0 Å². The van der Waals surface area contributed by atoms with E-state index >= 15 is 0 Å². The second-order valence-corrected chi connectivity index (χ2v) is 5.47. The number of rotatable bonds is 2. The summed E-state index contributed by atoms with van der Waals surface area (Å²) in [6.07, 6.45) is 0.503. The Morgan fingerprint density at radius 2 is 2.10 bits per heavy atom. The number of carbonyl (C=O) groups excluding carboxylic acids is 1. The van der Waals surface area contributed by atoms with Gasteiger partial charge in [-0.1, -0.05) is 0 Å². The average Bonchev–Trinajstić information content (AvgIpc) is 3.03. The molecular weight excluding hydrogens is 278 g/mol. The SMILES string of the molecule is CC1C(C(=O)O)CCN1C(=O)c1ccc2c(c1)N=S=N2. The first-order chi connectivity index (χ1) is 9.58. The Morgan fingerprint density at radius 3 is 2.80 bits per heavy atom. The third-order valence-corrected chi connectivity index (χ3v) is 4.39. The molecule has 1 N–H and O–H groups in total. The highest BCUT2D eigenvalue weighted by Gasteiger charge is 2.38. The summed E-state index contributed by atoms with van der Waals surface area (Å²) in [4.78, 5) is 25.2. The standard InChI is InChI=1S/C13H13N3O3S/c1-7-9(13(18)19)4-5-16(7)12(17)8-2-3-10-11(6-8)15-20-14-10/h2-3,6-7,9H,4-5H2,1H3,(H,18,19). The summed E-state index contributed by atoms with van der Waals surface area (Å²) >= 11 is 1.11. The molecule has 1 aromatic rings. The van der Waals surface area contributed by atoms with Crippen LogP contribution >= 0.6 is 0 Å². The number of amides is 1. The van der Waals surface area contributed by atoms with Crippen LogP contribution in [0.1, 0.15) is 23.7 Å². The fourth-order valence-electron chi connectivity index (χ4n) is 2.64. The van der Waals surface area contributed by atoms with E-state index in [4.69, 9.17) is 5.11 Å². The molecule has 3 rings (SSSR count). The first-order valence-corrected chi connectivity index (χ1v) is 7.07. The first kappa shape index (κ1) is 13.0. The third kappa shape index (κ3) is 2.03. The number of fused-ring (bicyclic) bond motifs is 1. The van der Waals surface area contributed by atoms with Gasteiger partial charge in [-0.2, -0.15) is 8.73 Å². The van der Waals surface area contributed by atoms with Gasteiger partial charge in [0.05, 0.1) is 17.3 Å². The molecule has 104 valence electrons. The number of nitrogens with zero attached hydrogens (tertiary/aromatic N) is 3. The lowest BCUT2D eigenvalue weighted by molar-refractivity contribution is -0.142. The van der Waals surface area contributed by atoms with E-state index in [1.807, 2.05) is 0 Å². The summed E-state index contributed by atoms with van der Waals surface area (Å²) in [6, 6.07) is 4.90. The summed E-state index contributed by atoms with van der Waals surface area (Å²) in [6.45, 7) is 2.26. The van der Waals surface area contributed by atoms with Crippen LogP contribution < -0.4 is 0 Å². The van der Waals surface area contributed by atoms with Crippen LogP contribution in [-0.4, -0.2) is 34.5 Å². The van der Waals surface area contributed by atoms with Crippen LogP contribution in [0.25, 0.3) is 0 Å². The summed E-state index contributed by atoms with van der Waals surface area (Å²) in [5.74, 6) is -1.47. The van der Waals surface area contributed by atoms with Crippen molar-refractivity contribution < 1.29 is 14.7 Å². The van der Waals surface area contributed by atoms with Gasteiger partial charge in [0, 0.05) is 18.2 Å². The number of carbonyl (C=O) groups is 2. The largest absolute Gasteiger partial charge is 0.481 e. The molecule has 0 bridgehead atoms. The maximum atomic E-state index is 12.5. The average molecular weight is 291 g/mol. The molecule has 1 aromatic carbocycles. The number of hydrogen-bond donors (Lipinski definition) is 1. The number of aliphatic carboxylic acids is 1. The normalized spacial score (nSPS) is 23.6. The van der Waals surface area contributed by atoms with E-state index in [0.29, 0.717) is 24.2 Å². The molecule has 1 fully saturated rings. The zero-order valence-corrected chi connectivity index (χ0v) is 11.6. The zero-order valence-electron chi connectivity index (χ0n) is 10.8. The van der Waals surface area contributed by atoms with Crippen molar-refractivity contribution in [3.63, 3.8) is 0 Å². The minimum atomic E-state index is -0.841. The molecule has 2 aliphatic rings. The highest BCUT2D eigenvalue weighted by atomic mass is 32.1. The lowest BCUT2D eigenvalue weighted by Gasteiger charge is -2.23. The van der Waals surface area contributed by atoms with Crippen molar-refractivity contribution in [1.29, 1.82) is 0 Å². The van der Waals surface area contributed by atoms with Gasteiger partial charge in [0.15, 0.2) is 0 Å². The number of benzene rings is 1. The van der Waals surface area contributed by atoms with Crippen molar-refractivity contribution in [2.24, 2.45) is 14.6 Å². The van der Waals surface area contributed by atoms with Crippen LogP contribution in [0.15, 0.2) is 26.9 Å². The molecule has 0 radical (unpaired) electrons. The fourth-order valence-corrected chi connectivity index (χ4v) is 3.15. The van der Waals surface area contributed by atoms with Crippen LogP contribution in [-0.2, 0) is 16.1 Å². The monoisotopic (exact) mass is 291 g/mol. The maximum absolute atomic E-state index is 12.5. The molecule has 0 saturated carbocycles. The highest BCUT2D eigenvalue weighted by molar-refractivity contribution is 7.58. The van der Waals surface area contributed by atoms with Crippen molar-refractivity contribution in [3.05, 3.63) is 23.8 Å². The van der Waals surface area contributed by atoms with Gasteiger partial charge in [-0.3, -0.25) is 9.59 Å². The minimum Gasteiger partial charge on any atom is -0.481 e. The van der Waals surface area contributed by atoms with Crippen LogP contribution in [0.5, 0.6) is 0 Å². The lowest BCUT2D eigenvalue weighted by Crippen LogP contribution is -2.37. The fraction of sp³-hybridized carbons (Fsp3) is 0.385. The topological polar surface area (TPSA) is 82.3 Å². The number of carboxylic acids is 1. The van der Waals surface area contributed by atoms with Crippen LogP contribution in [0.4, 0.5) is 11.4 Å². The molecule has 7 heteroatoms. The van der Waals surface area contributed by atoms with E-state index in [0.717, 1.165) is 17.0 Å². The first-order valence-electron chi connectivity index (χ1n) is 6.34. The Kier molecular flexibility index (Phi) is 3.13. The molecule has 6 nitrogen and oxygen atoms in total.